The Morgan fingerprint density at radius 1 is 0.905 bits per heavy atom. The summed E-state index contributed by atoms with van der Waals surface area (Å²) in [5.74, 6) is 1.65. The van der Waals surface area contributed by atoms with Crippen molar-refractivity contribution in [2.45, 2.75) is 76.1 Å². The van der Waals surface area contributed by atoms with Gasteiger partial charge in [-0.25, -0.2) is 0 Å². The summed E-state index contributed by atoms with van der Waals surface area (Å²) in [5.41, 5.74) is 0. The van der Waals surface area contributed by atoms with E-state index in [2.05, 4.69) is 4.90 Å². The summed E-state index contributed by atoms with van der Waals surface area (Å²) in [7, 11) is 0. The molecule has 0 unspecified atom stereocenters. The highest BCUT2D eigenvalue weighted by molar-refractivity contribution is 4.92. The van der Waals surface area contributed by atoms with E-state index in [-0.39, 0.29) is 5.79 Å². The lowest BCUT2D eigenvalue weighted by Gasteiger charge is -2.43. The Morgan fingerprint density at radius 3 is 2.57 bits per heavy atom. The van der Waals surface area contributed by atoms with Crippen molar-refractivity contribution in [1.29, 1.82) is 0 Å². The molecule has 120 valence electrons. The minimum absolute atomic E-state index is 0.195. The van der Waals surface area contributed by atoms with Gasteiger partial charge in [-0.2, -0.15) is 0 Å². The van der Waals surface area contributed by atoms with Crippen molar-refractivity contribution < 1.29 is 9.47 Å². The lowest BCUT2D eigenvalue weighted by atomic mass is 9.69. The number of hydrogen-bond donors (Lipinski definition) is 0. The van der Waals surface area contributed by atoms with Crippen molar-refractivity contribution in [3.05, 3.63) is 0 Å². The third-order valence-corrected chi connectivity index (χ3v) is 6.36. The number of nitrogens with zero attached hydrogens (tertiary/aromatic N) is 1. The molecule has 4 aliphatic rings. The van der Waals surface area contributed by atoms with Crippen molar-refractivity contribution in [2.24, 2.45) is 11.8 Å². The van der Waals surface area contributed by atoms with Crippen LogP contribution in [0.15, 0.2) is 0 Å². The minimum Gasteiger partial charge on any atom is -0.347 e. The molecule has 0 amide bonds. The summed E-state index contributed by atoms with van der Waals surface area (Å²) in [6, 6.07) is 0. The molecule has 2 saturated heterocycles. The van der Waals surface area contributed by atoms with Gasteiger partial charge >= 0.3 is 0 Å². The molecule has 0 N–H and O–H groups in total. The predicted octanol–water partition coefficient (Wildman–Crippen LogP) is 3.57. The lowest BCUT2D eigenvalue weighted by molar-refractivity contribution is -0.208. The minimum atomic E-state index is -0.195. The van der Waals surface area contributed by atoms with E-state index in [0.717, 1.165) is 31.4 Å². The first-order valence-corrected chi connectivity index (χ1v) is 9.37. The first-order valence-electron chi connectivity index (χ1n) is 9.37. The summed E-state index contributed by atoms with van der Waals surface area (Å²) in [5, 5.41) is 0. The maximum atomic E-state index is 6.48. The van der Waals surface area contributed by atoms with Gasteiger partial charge in [0.1, 0.15) is 0 Å². The zero-order valence-electron chi connectivity index (χ0n) is 13.4. The molecule has 2 saturated carbocycles. The summed E-state index contributed by atoms with van der Waals surface area (Å²) < 4.78 is 12.7. The molecule has 2 aliphatic carbocycles. The normalized spacial score (nSPS) is 44.9. The summed E-state index contributed by atoms with van der Waals surface area (Å²) in [4.78, 5) is 2.59. The Labute approximate surface area is 129 Å². The number of hydrogen-bond acceptors (Lipinski definition) is 3. The van der Waals surface area contributed by atoms with Gasteiger partial charge in [0.15, 0.2) is 5.79 Å². The van der Waals surface area contributed by atoms with E-state index in [1.165, 1.54) is 70.9 Å². The van der Waals surface area contributed by atoms with Crippen molar-refractivity contribution >= 4 is 0 Å². The van der Waals surface area contributed by atoms with Gasteiger partial charge in [-0.1, -0.05) is 25.7 Å². The van der Waals surface area contributed by atoms with E-state index in [1.54, 1.807) is 0 Å². The van der Waals surface area contributed by atoms with Crippen LogP contribution in [0.2, 0.25) is 0 Å². The SMILES string of the molecule is C1CCN(C[C@H]2CO[C@]3(CC[C@H]4CCCC[C@@H]4C3)O2)CC1. The molecule has 0 bridgehead atoms. The van der Waals surface area contributed by atoms with Crippen LogP contribution in [0.4, 0.5) is 0 Å². The Bertz CT molecular complexity index is 355. The zero-order valence-corrected chi connectivity index (χ0v) is 13.4. The highest BCUT2D eigenvalue weighted by atomic mass is 16.7. The maximum Gasteiger partial charge on any atom is 0.169 e. The van der Waals surface area contributed by atoms with Crippen LogP contribution in [-0.2, 0) is 9.47 Å². The Balaban J connectivity index is 1.32. The Morgan fingerprint density at radius 2 is 1.71 bits per heavy atom. The first-order chi connectivity index (χ1) is 10.3. The first kappa shape index (κ1) is 14.5. The number of ether oxygens (including phenoxy) is 2. The second-order valence-corrected chi connectivity index (χ2v) is 7.87. The summed E-state index contributed by atoms with van der Waals surface area (Å²) >= 11 is 0. The summed E-state index contributed by atoms with van der Waals surface area (Å²) in [6.07, 6.45) is 13.9. The number of rotatable bonds is 2. The maximum absolute atomic E-state index is 6.48. The fourth-order valence-electron chi connectivity index (χ4n) is 5.21. The molecule has 2 aliphatic heterocycles. The zero-order chi connectivity index (χ0) is 14.1. The molecule has 3 heteroatoms. The molecular weight excluding hydrogens is 262 g/mol. The van der Waals surface area contributed by atoms with Gasteiger partial charge in [0, 0.05) is 19.4 Å². The molecule has 1 spiro atoms. The van der Waals surface area contributed by atoms with Crippen LogP contribution in [0.5, 0.6) is 0 Å². The van der Waals surface area contributed by atoms with Crippen molar-refractivity contribution in [3.63, 3.8) is 0 Å². The largest absolute Gasteiger partial charge is 0.347 e. The summed E-state index contributed by atoms with van der Waals surface area (Å²) in [6.45, 7) is 4.44. The van der Waals surface area contributed by atoms with Gasteiger partial charge in [-0.05, 0) is 50.6 Å². The standard InChI is InChI=1S/C18H31NO2/c1-4-10-19(11-5-1)13-17-14-20-18(21-17)9-8-15-6-2-3-7-16(15)12-18/h15-17H,1-14H2/t15-,16-,17+,18-/m1/s1. The van der Waals surface area contributed by atoms with Crippen LogP contribution in [0, 0.1) is 11.8 Å². The van der Waals surface area contributed by atoms with E-state index in [0.29, 0.717) is 6.10 Å². The van der Waals surface area contributed by atoms with Gasteiger partial charge < -0.3 is 14.4 Å². The second kappa shape index (κ2) is 6.17. The van der Waals surface area contributed by atoms with Gasteiger partial charge in [0.2, 0.25) is 0 Å². The molecule has 4 fully saturated rings. The predicted molar refractivity (Wildman–Crippen MR) is 83.1 cm³/mol. The second-order valence-electron chi connectivity index (χ2n) is 7.87. The fraction of sp³-hybridized carbons (Fsp3) is 1.00. The molecule has 4 atom stereocenters. The van der Waals surface area contributed by atoms with Crippen LogP contribution in [-0.4, -0.2) is 43.0 Å². The quantitative estimate of drug-likeness (QED) is 0.777. The van der Waals surface area contributed by atoms with Crippen molar-refractivity contribution in [3.8, 4) is 0 Å². The number of fused-ring (bicyclic) bond motifs is 1. The van der Waals surface area contributed by atoms with E-state index >= 15 is 0 Å². The third-order valence-electron chi connectivity index (χ3n) is 6.36. The van der Waals surface area contributed by atoms with Crippen LogP contribution in [0.1, 0.15) is 64.2 Å². The number of piperidine rings is 1. The molecule has 3 nitrogen and oxygen atoms in total. The molecule has 0 aromatic rings. The average Bonchev–Trinajstić information content (AvgIpc) is 2.90. The van der Waals surface area contributed by atoms with Crippen LogP contribution < -0.4 is 0 Å². The van der Waals surface area contributed by atoms with Crippen LogP contribution in [0.3, 0.4) is 0 Å². The highest BCUT2D eigenvalue weighted by Crippen LogP contribution is 2.48. The highest BCUT2D eigenvalue weighted by Gasteiger charge is 2.48. The smallest absolute Gasteiger partial charge is 0.169 e. The Hall–Kier alpha value is -0.120. The topological polar surface area (TPSA) is 21.7 Å². The van der Waals surface area contributed by atoms with E-state index in [1.807, 2.05) is 0 Å². The van der Waals surface area contributed by atoms with Gasteiger partial charge in [-0.15, -0.1) is 0 Å². The molecule has 2 heterocycles. The van der Waals surface area contributed by atoms with Crippen molar-refractivity contribution in [1.82, 2.24) is 4.90 Å². The third kappa shape index (κ3) is 3.16. The molecular formula is C18H31NO2. The van der Waals surface area contributed by atoms with Crippen LogP contribution in [0.25, 0.3) is 0 Å². The van der Waals surface area contributed by atoms with E-state index < -0.39 is 0 Å². The monoisotopic (exact) mass is 293 g/mol. The molecule has 0 radical (unpaired) electrons. The van der Waals surface area contributed by atoms with E-state index in [9.17, 15) is 0 Å². The van der Waals surface area contributed by atoms with Gasteiger partial charge in [-0.3, -0.25) is 0 Å². The molecule has 0 aromatic carbocycles. The molecule has 4 rings (SSSR count). The van der Waals surface area contributed by atoms with Gasteiger partial charge in [0.25, 0.3) is 0 Å². The fourth-order valence-corrected chi connectivity index (χ4v) is 5.21. The molecule has 0 aromatic heterocycles. The molecule has 21 heavy (non-hydrogen) atoms. The van der Waals surface area contributed by atoms with Crippen LogP contribution >= 0.6 is 0 Å². The lowest BCUT2D eigenvalue weighted by Crippen LogP contribution is -2.43. The Kier molecular flexibility index (Phi) is 4.25. The number of likely N-dealkylation sites (tertiary alicyclic amines) is 1. The van der Waals surface area contributed by atoms with Crippen molar-refractivity contribution in [2.75, 3.05) is 26.2 Å². The average molecular weight is 293 g/mol. The van der Waals surface area contributed by atoms with Gasteiger partial charge in [0.05, 0.1) is 12.7 Å². The van der Waals surface area contributed by atoms with E-state index in [4.69, 9.17) is 9.47 Å².